The van der Waals surface area contributed by atoms with E-state index in [0.717, 1.165) is 11.4 Å². The van der Waals surface area contributed by atoms with Crippen LogP contribution in [0.4, 0.5) is 0 Å². The van der Waals surface area contributed by atoms with Crippen LogP contribution in [0.25, 0.3) is 0 Å². The second-order valence-corrected chi connectivity index (χ2v) is 2.22. The van der Waals surface area contributed by atoms with Crippen LogP contribution in [0.3, 0.4) is 0 Å². The molecule has 0 unspecified atom stereocenters. The molecule has 4 heteroatoms. The highest BCUT2D eigenvalue weighted by Crippen LogP contribution is 2.00. The molecule has 0 bridgehead atoms. The molecule has 1 heterocycles. The normalized spacial score (nSPS) is 10.3. The third kappa shape index (κ3) is 1.16. The molecule has 56 valence electrons. The van der Waals surface area contributed by atoms with Crippen LogP contribution in [-0.2, 0) is 13.5 Å². The van der Waals surface area contributed by atoms with Crippen LogP contribution in [0.2, 0.25) is 0 Å². The molecule has 0 aliphatic carbocycles. The Bertz CT molecular complexity index is 219. The predicted octanol–water partition coefficient (Wildman–Crippen LogP) is -0.342. The summed E-state index contributed by atoms with van der Waals surface area (Å²) in [5.74, 6) is 0. The third-order valence-electron chi connectivity index (χ3n) is 1.55. The summed E-state index contributed by atoms with van der Waals surface area (Å²) in [6.45, 7) is 2.07. The van der Waals surface area contributed by atoms with E-state index in [4.69, 9.17) is 5.11 Å². The van der Waals surface area contributed by atoms with E-state index in [0.29, 0.717) is 6.42 Å². The minimum absolute atomic E-state index is 0.138. The number of hydrogen-bond acceptors (Lipinski definition) is 3. The number of hydrogen-bond donors (Lipinski definition) is 1. The van der Waals surface area contributed by atoms with Crippen molar-refractivity contribution in [1.29, 1.82) is 0 Å². The Balaban J connectivity index is 2.83. The Morgan fingerprint density at radius 3 is 2.70 bits per heavy atom. The quantitative estimate of drug-likeness (QED) is 0.613. The molecule has 0 saturated heterocycles. The summed E-state index contributed by atoms with van der Waals surface area (Å²) in [5.41, 5.74) is 1.90. The second kappa shape index (κ2) is 2.79. The molecule has 0 aromatic carbocycles. The molecule has 0 amide bonds. The van der Waals surface area contributed by atoms with Crippen LogP contribution >= 0.6 is 0 Å². The Morgan fingerprint density at radius 1 is 1.60 bits per heavy atom. The van der Waals surface area contributed by atoms with Crippen LogP contribution < -0.4 is 0 Å². The van der Waals surface area contributed by atoms with E-state index < -0.39 is 0 Å². The molecular weight excluding hydrogens is 130 g/mol. The van der Waals surface area contributed by atoms with Crippen molar-refractivity contribution in [2.24, 2.45) is 7.05 Å². The first-order chi connectivity index (χ1) is 4.75. The Morgan fingerprint density at radius 2 is 2.30 bits per heavy atom. The summed E-state index contributed by atoms with van der Waals surface area (Å²) in [6.07, 6.45) is 0.597. The highest BCUT2D eigenvalue weighted by Gasteiger charge is 2.02. The van der Waals surface area contributed by atoms with E-state index in [1.807, 2.05) is 14.0 Å². The number of aromatic nitrogens is 3. The summed E-state index contributed by atoms with van der Waals surface area (Å²) in [6, 6.07) is 0. The van der Waals surface area contributed by atoms with Crippen molar-refractivity contribution in [3.63, 3.8) is 0 Å². The minimum Gasteiger partial charge on any atom is -0.396 e. The van der Waals surface area contributed by atoms with Crippen molar-refractivity contribution >= 4 is 0 Å². The van der Waals surface area contributed by atoms with Gasteiger partial charge < -0.3 is 5.11 Å². The van der Waals surface area contributed by atoms with Gasteiger partial charge in [-0.2, -0.15) is 0 Å². The smallest absolute Gasteiger partial charge is 0.0878 e. The van der Waals surface area contributed by atoms with Crippen molar-refractivity contribution in [2.75, 3.05) is 6.61 Å². The first kappa shape index (κ1) is 7.21. The van der Waals surface area contributed by atoms with Crippen molar-refractivity contribution in [3.8, 4) is 0 Å². The fourth-order valence-corrected chi connectivity index (χ4v) is 0.784. The van der Waals surface area contributed by atoms with Gasteiger partial charge >= 0.3 is 0 Å². The zero-order valence-corrected chi connectivity index (χ0v) is 6.20. The molecule has 0 aliphatic rings. The highest BCUT2D eigenvalue weighted by molar-refractivity contribution is 5.07. The van der Waals surface area contributed by atoms with Crippen LogP contribution in [0.15, 0.2) is 0 Å². The molecule has 1 aromatic heterocycles. The van der Waals surface area contributed by atoms with Gasteiger partial charge in [-0.25, -0.2) is 0 Å². The van der Waals surface area contributed by atoms with Gasteiger partial charge in [-0.3, -0.25) is 4.68 Å². The van der Waals surface area contributed by atoms with Gasteiger partial charge in [-0.15, -0.1) is 5.10 Å². The monoisotopic (exact) mass is 141 g/mol. The van der Waals surface area contributed by atoms with Crippen molar-refractivity contribution in [2.45, 2.75) is 13.3 Å². The fraction of sp³-hybridized carbons (Fsp3) is 0.667. The van der Waals surface area contributed by atoms with Crippen molar-refractivity contribution in [1.82, 2.24) is 15.0 Å². The van der Waals surface area contributed by atoms with Gasteiger partial charge in [0.05, 0.1) is 11.4 Å². The van der Waals surface area contributed by atoms with E-state index in [1.54, 1.807) is 4.68 Å². The summed E-state index contributed by atoms with van der Waals surface area (Å²) >= 11 is 0. The zero-order chi connectivity index (χ0) is 7.56. The van der Waals surface area contributed by atoms with Crippen LogP contribution in [0.5, 0.6) is 0 Å². The molecule has 0 spiro atoms. The molecule has 0 saturated carbocycles. The second-order valence-electron chi connectivity index (χ2n) is 2.22. The molecule has 0 fully saturated rings. The van der Waals surface area contributed by atoms with Gasteiger partial charge in [0.1, 0.15) is 0 Å². The molecule has 1 aromatic rings. The van der Waals surface area contributed by atoms with E-state index in [1.165, 1.54) is 0 Å². The lowest BCUT2D eigenvalue weighted by atomic mass is 10.3. The zero-order valence-electron chi connectivity index (χ0n) is 6.20. The molecule has 10 heavy (non-hydrogen) atoms. The van der Waals surface area contributed by atoms with Gasteiger partial charge in [-0.1, -0.05) is 5.21 Å². The van der Waals surface area contributed by atoms with Gasteiger partial charge in [0, 0.05) is 20.1 Å². The molecule has 1 rings (SSSR count). The fourth-order valence-electron chi connectivity index (χ4n) is 0.784. The van der Waals surface area contributed by atoms with Crippen LogP contribution in [0.1, 0.15) is 11.4 Å². The van der Waals surface area contributed by atoms with Gasteiger partial charge in [0.2, 0.25) is 0 Å². The Hall–Kier alpha value is -0.900. The maximum absolute atomic E-state index is 8.58. The molecule has 0 aliphatic heterocycles. The Kier molecular flexibility index (Phi) is 2.01. The first-order valence-corrected chi connectivity index (χ1v) is 3.21. The highest BCUT2D eigenvalue weighted by atomic mass is 16.3. The maximum Gasteiger partial charge on any atom is 0.0878 e. The topological polar surface area (TPSA) is 50.9 Å². The lowest BCUT2D eigenvalue weighted by Crippen LogP contribution is -1.96. The largest absolute Gasteiger partial charge is 0.396 e. The standard InChI is InChI=1S/C6H11N3O/c1-5-6(3-4-10)7-8-9(5)2/h10H,3-4H2,1-2H3. The lowest BCUT2D eigenvalue weighted by molar-refractivity contribution is 0.298. The number of aryl methyl sites for hydroxylation is 1. The average Bonchev–Trinajstić information content (AvgIpc) is 2.20. The van der Waals surface area contributed by atoms with Gasteiger partial charge in [-0.05, 0) is 6.92 Å². The summed E-state index contributed by atoms with van der Waals surface area (Å²) < 4.78 is 1.70. The molecule has 0 atom stereocenters. The predicted molar refractivity (Wildman–Crippen MR) is 36.5 cm³/mol. The van der Waals surface area contributed by atoms with E-state index in [2.05, 4.69) is 10.3 Å². The number of aliphatic hydroxyl groups is 1. The number of aliphatic hydroxyl groups excluding tert-OH is 1. The van der Waals surface area contributed by atoms with E-state index in [-0.39, 0.29) is 6.61 Å². The van der Waals surface area contributed by atoms with E-state index >= 15 is 0 Å². The lowest BCUT2D eigenvalue weighted by Gasteiger charge is -1.92. The summed E-state index contributed by atoms with van der Waals surface area (Å²) in [7, 11) is 1.84. The van der Waals surface area contributed by atoms with E-state index in [9.17, 15) is 0 Å². The summed E-state index contributed by atoms with van der Waals surface area (Å²) in [5, 5.41) is 16.2. The van der Waals surface area contributed by atoms with Crippen molar-refractivity contribution in [3.05, 3.63) is 11.4 Å². The molecular formula is C6H11N3O. The van der Waals surface area contributed by atoms with Crippen molar-refractivity contribution < 1.29 is 5.11 Å². The average molecular weight is 141 g/mol. The molecule has 1 N–H and O–H groups in total. The van der Waals surface area contributed by atoms with Crippen LogP contribution in [0, 0.1) is 6.92 Å². The number of nitrogens with zero attached hydrogens (tertiary/aromatic N) is 3. The third-order valence-corrected chi connectivity index (χ3v) is 1.55. The maximum atomic E-state index is 8.58. The molecule has 0 radical (unpaired) electrons. The van der Waals surface area contributed by atoms with Crippen LogP contribution in [-0.4, -0.2) is 26.7 Å². The Labute approximate surface area is 59.5 Å². The van der Waals surface area contributed by atoms with Gasteiger partial charge in [0.25, 0.3) is 0 Å². The van der Waals surface area contributed by atoms with Gasteiger partial charge in [0.15, 0.2) is 0 Å². The first-order valence-electron chi connectivity index (χ1n) is 3.21. The molecule has 4 nitrogen and oxygen atoms in total. The SMILES string of the molecule is Cc1c(CCO)nnn1C. The number of rotatable bonds is 2. The summed E-state index contributed by atoms with van der Waals surface area (Å²) in [4.78, 5) is 0. The minimum atomic E-state index is 0.138.